The van der Waals surface area contributed by atoms with Crippen molar-refractivity contribution in [2.24, 2.45) is 0 Å². The van der Waals surface area contributed by atoms with E-state index in [1.807, 2.05) is 0 Å². The van der Waals surface area contributed by atoms with Gasteiger partial charge in [-0.25, -0.2) is 4.79 Å². The first-order valence-corrected chi connectivity index (χ1v) is 5.98. The van der Waals surface area contributed by atoms with Crippen molar-refractivity contribution in [3.8, 4) is 0 Å². The van der Waals surface area contributed by atoms with Crippen LogP contribution in [0.2, 0.25) is 0 Å². The zero-order valence-electron chi connectivity index (χ0n) is 12.1. The molecule has 0 rings (SSSR count). The van der Waals surface area contributed by atoms with Crippen LogP contribution in [0.25, 0.3) is 0 Å². The molecule has 0 heterocycles. The highest BCUT2D eigenvalue weighted by Gasteiger charge is 2.91. The van der Waals surface area contributed by atoms with Crippen LogP contribution in [-0.4, -0.2) is 41.9 Å². The second-order valence-corrected chi connectivity index (χ2v) is 4.66. The lowest BCUT2D eigenvalue weighted by Gasteiger charge is -2.38. The fourth-order valence-electron chi connectivity index (χ4n) is 1.15. The second kappa shape index (κ2) is 6.48. The number of esters is 1. The van der Waals surface area contributed by atoms with Gasteiger partial charge in [-0.05, 0) is 6.42 Å². The zero-order valence-corrected chi connectivity index (χ0v) is 12.1. The number of ether oxygens (including phenoxy) is 1. The first-order chi connectivity index (χ1) is 11.1. The summed E-state index contributed by atoms with van der Waals surface area (Å²) in [4.78, 5) is 10.9. The van der Waals surface area contributed by atoms with Gasteiger partial charge in [0.25, 0.3) is 0 Å². The molecular formula is C11H7F13O2. The molecule has 26 heavy (non-hydrogen) atoms. The van der Waals surface area contributed by atoms with Gasteiger partial charge in [0.05, 0.1) is 0 Å². The first kappa shape index (κ1) is 24.3. The fraction of sp³-hybridized carbons (Fsp3) is 0.727. The summed E-state index contributed by atoms with van der Waals surface area (Å²) in [5, 5.41) is 0. The van der Waals surface area contributed by atoms with Crippen molar-refractivity contribution in [3.05, 3.63) is 12.2 Å². The van der Waals surface area contributed by atoms with E-state index in [9.17, 15) is 61.9 Å². The van der Waals surface area contributed by atoms with Gasteiger partial charge in [-0.15, -0.1) is 0 Å². The molecule has 0 N–H and O–H groups in total. The molecule has 154 valence electrons. The largest absolute Gasteiger partial charge is 0.473 e. The van der Waals surface area contributed by atoms with Crippen molar-refractivity contribution in [2.45, 2.75) is 49.3 Å². The Balaban J connectivity index is 6.16. The molecule has 0 bridgehead atoms. The minimum absolute atomic E-state index is 0.570. The van der Waals surface area contributed by atoms with Gasteiger partial charge >= 0.3 is 41.9 Å². The van der Waals surface area contributed by atoms with Crippen molar-refractivity contribution in [2.75, 3.05) is 0 Å². The molecule has 2 nitrogen and oxygen atoms in total. The molecule has 0 aromatic carbocycles. The smallest absolute Gasteiger partial charge is 0.393 e. The highest BCUT2D eigenvalue weighted by atomic mass is 19.4. The Labute approximate surface area is 135 Å². The molecule has 0 atom stereocenters. The molecule has 0 aliphatic heterocycles. The Morgan fingerprint density at radius 2 is 1.08 bits per heavy atom. The van der Waals surface area contributed by atoms with Crippen LogP contribution in [-0.2, 0) is 9.53 Å². The van der Waals surface area contributed by atoms with Crippen molar-refractivity contribution >= 4 is 5.97 Å². The number of alkyl halides is 13. The minimum Gasteiger partial charge on any atom is -0.393 e. The third-order valence-corrected chi connectivity index (χ3v) is 2.84. The van der Waals surface area contributed by atoms with E-state index in [1.54, 1.807) is 0 Å². The quantitative estimate of drug-likeness (QED) is 0.323. The molecule has 0 aromatic rings. The number of hydrogen-bond donors (Lipinski definition) is 0. The van der Waals surface area contributed by atoms with E-state index >= 15 is 0 Å². The predicted octanol–water partition coefficient (Wildman–Crippen LogP) is 5.19. The Morgan fingerprint density at radius 1 is 0.731 bits per heavy atom. The number of halogens is 13. The fourth-order valence-corrected chi connectivity index (χ4v) is 1.15. The summed E-state index contributed by atoms with van der Waals surface area (Å²) in [6.07, 6.45) is -15.0. The summed E-state index contributed by atoms with van der Waals surface area (Å²) in [5.74, 6) is -34.0. The lowest BCUT2D eigenvalue weighted by atomic mass is 9.97. The van der Waals surface area contributed by atoms with Crippen LogP contribution in [0.15, 0.2) is 12.2 Å². The van der Waals surface area contributed by atoms with Gasteiger partial charge in [0.2, 0.25) is 0 Å². The molecule has 0 saturated heterocycles. The second-order valence-electron chi connectivity index (χ2n) is 4.66. The van der Waals surface area contributed by atoms with E-state index in [1.165, 1.54) is 0 Å². The molecule has 0 spiro atoms. The summed E-state index contributed by atoms with van der Waals surface area (Å²) >= 11 is 0. The first-order valence-electron chi connectivity index (χ1n) is 5.98. The molecule has 0 radical (unpaired) electrons. The van der Waals surface area contributed by atoms with Crippen LogP contribution in [0.1, 0.15) is 13.3 Å². The Kier molecular flexibility index (Phi) is 6.05. The van der Waals surface area contributed by atoms with Crippen LogP contribution in [0.4, 0.5) is 57.1 Å². The summed E-state index contributed by atoms with van der Waals surface area (Å²) in [5.41, 5.74) is -1.05. The van der Waals surface area contributed by atoms with Crippen LogP contribution in [0.5, 0.6) is 0 Å². The normalized spacial score (nSPS) is 15.0. The lowest BCUT2D eigenvalue weighted by molar-refractivity contribution is -0.460. The van der Waals surface area contributed by atoms with Gasteiger partial charge in [-0.2, -0.15) is 57.1 Å². The SMILES string of the molecule is C=C(CC)C(=O)OC(F)(F)C(F)(F)C(F)(F)C(F)(F)C(F)(F)C(F)(F)F. The van der Waals surface area contributed by atoms with E-state index < -0.39 is 53.9 Å². The van der Waals surface area contributed by atoms with E-state index in [0.717, 1.165) is 6.92 Å². The van der Waals surface area contributed by atoms with Gasteiger partial charge in [0.1, 0.15) is 0 Å². The molecule has 0 unspecified atom stereocenters. The van der Waals surface area contributed by atoms with Gasteiger partial charge in [-0.1, -0.05) is 13.5 Å². The molecule has 0 fully saturated rings. The summed E-state index contributed by atoms with van der Waals surface area (Å²) in [6.45, 7) is 3.67. The number of hydrogen-bond acceptors (Lipinski definition) is 2. The van der Waals surface area contributed by atoms with Gasteiger partial charge in [0, 0.05) is 5.57 Å². The Hall–Kier alpha value is -1.70. The molecule has 0 aliphatic rings. The van der Waals surface area contributed by atoms with Crippen molar-refractivity contribution in [3.63, 3.8) is 0 Å². The third-order valence-electron chi connectivity index (χ3n) is 2.84. The van der Waals surface area contributed by atoms with Crippen molar-refractivity contribution in [1.82, 2.24) is 0 Å². The molecule has 0 amide bonds. The Morgan fingerprint density at radius 3 is 1.38 bits per heavy atom. The zero-order chi connectivity index (χ0) is 21.6. The number of carbonyl (C=O) groups is 1. The highest BCUT2D eigenvalue weighted by molar-refractivity contribution is 5.87. The van der Waals surface area contributed by atoms with E-state index in [0.29, 0.717) is 0 Å². The Bertz CT molecular complexity index is 561. The maximum absolute atomic E-state index is 13.1. The highest BCUT2D eigenvalue weighted by Crippen LogP contribution is 2.60. The molecule has 0 saturated carbocycles. The van der Waals surface area contributed by atoms with Gasteiger partial charge in [0.15, 0.2) is 0 Å². The molecule has 0 aromatic heterocycles. The van der Waals surface area contributed by atoms with Crippen LogP contribution in [0.3, 0.4) is 0 Å². The molecule has 0 aliphatic carbocycles. The van der Waals surface area contributed by atoms with Crippen LogP contribution >= 0.6 is 0 Å². The standard InChI is InChI=1S/C11H7F13O2/c1-3-4(2)5(25)26-11(23,24)9(18,19)7(14,15)6(12,13)8(16,17)10(20,21)22/h2-3H2,1H3. The number of carbonyl (C=O) groups excluding carboxylic acids is 1. The van der Waals surface area contributed by atoms with Crippen LogP contribution < -0.4 is 0 Å². The van der Waals surface area contributed by atoms with E-state index in [4.69, 9.17) is 0 Å². The average molecular weight is 418 g/mol. The maximum atomic E-state index is 13.1. The molecular weight excluding hydrogens is 411 g/mol. The monoisotopic (exact) mass is 418 g/mol. The van der Waals surface area contributed by atoms with Crippen molar-refractivity contribution in [1.29, 1.82) is 0 Å². The van der Waals surface area contributed by atoms with Gasteiger partial charge in [-0.3, -0.25) is 0 Å². The predicted molar refractivity (Wildman–Crippen MR) is 56.3 cm³/mol. The summed E-state index contributed by atoms with van der Waals surface area (Å²) in [6, 6.07) is 0. The summed E-state index contributed by atoms with van der Waals surface area (Å²) < 4.78 is 167. The van der Waals surface area contributed by atoms with Crippen LogP contribution in [0, 0.1) is 0 Å². The van der Waals surface area contributed by atoms with E-state index in [2.05, 4.69) is 11.3 Å². The van der Waals surface area contributed by atoms with Gasteiger partial charge < -0.3 is 4.74 Å². The molecule has 15 heteroatoms. The topological polar surface area (TPSA) is 26.3 Å². The third kappa shape index (κ3) is 3.43. The summed E-state index contributed by atoms with van der Waals surface area (Å²) in [7, 11) is 0. The lowest BCUT2D eigenvalue weighted by Crippen LogP contribution is -2.70. The number of rotatable bonds is 7. The minimum atomic E-state index is -8.04. The van der Waals surface area contributed by atoms with Crippen molar-refractivity contribution < 1.29 is 66.6 Å². The average Bonchev–Trinajstić information content (AvgIpc) is 2.43. The van der Waals surface area contributed by atoms with E-state index in [-0.39, 0.29) is 0 Å². The maximum Gasteiger partial charge on any atom is 0.473 e.